The van der Waals surface area contributed by atoms with Crippen LogP contribution in [0.3, 0.4) is 0 Å². The van der Waals surface area contributed by atoms with Crippen LogP contribution in [0.4, 0.5) is 5.69 Å². The first-order chi connectivity index (χ1) is 15.1. The molecule has 0 bridgehead atoms. The van der Waals surface area contributed by atoms with E-state index >= 15 is 0 Å². The lowest BCUT2D eigenvalue weighted by molar-refractivity contribution is -1.02. The van der Waals surface area contributed by atoms with Crippen LogP contribution in [0.25, 0.3) is 0 Å². The molecule has 2 aromatic rings. The number of hydrogen-bond acceptors (Lipinski definition) is 3. The van der Waals surface area contributed by atoms with Gasteiger partial charge in [-0.2, -0.15) is 0 Å². The Morgan fingerprint density at radius 2 is 1.71 bits per heavy atom. The Morgan fingerprint density at radius 3 is 2.45 bits per heavy atom. The van der Waals surface area contributed by atoms with Crippen LogP contribution < -0.4 is 24.6 Å². The number of quaternary nitrogens is 2. The second-order valence-electron chi connectivity index (χ2n) is 8.73. The largest absolute Gasteiger partial charge is 0.497 e. The lowest BCUT2D eigenvalue weighted by atomic mass is 10.1. The number of rotatable bonds is 8. The zero-order chi connectivity index (χ0) is 21.6. The SMILES string of the molecule is COc1ccc(OCC[NH+]2CC[NH+]([C@H](C)C(=O)Nc3ccc4c(c3)CCC4)CC2)cc1. The van der Waals surface area contributed by atoms with Crippen LogP contribution in [0, 0.1) is 0 Å². The molecule has 2 aliphatic rings. The number of benzene rings is 2. The average Bonchev–Trinajstić information content (AvgIpc) is 3.27. The van der Waals surface area contributed by atoms with Gasteiger partial charge in [0, 0.05) is 5.69 Å². The minimum absolute atomic E-state index is 0.0367. The highest BCUT2D eigenvalue weighted by molar-refractivity contribution is 5.93. The van der Waals surface area contributed by atoms with Gasteiger partial charge in [0.25, 0.3) is 5.91 Å². The summed E-state index contributed by atoms with van der Waals surface area (Å²) >= 11 is 0. The molecule has 4 rings (SSSR count). The van der Waals surface area contributed by atoms with Crippen molar-refractivity contribution in [1.29, 1.82) is 0 Å². The Balaban J connectivity index is 1.18. The molecule has 166 valence electrons. The van der Waals surface area contributed by atoms with E-state index in [-0.39, 0.29) is 11.9 Å². The van der Waals surface area contributed by atoms with Gasteiger partial charge < -0.3 is 24.6 Å². The number of ether oxygens (including phenoxy) is 2. The van der Waals surface area contributed by atoms with E-state index in [1.54, 1.807) is 12.0 Å². The number of hydrogen-bond donors (Lipinski definition) is 3. The summed E-state index contributed by atoms with van der Waals surface area (Å²) in [6, 6.07) is 14.1. The van der Waals surface area contributed by atoms with Gasteiger partial charge in [0.05, 0.1) is 7.11 Å². The van der Waals surface area contributed by atoms with Crippen LogP contribution in [0.5, 0.6) is 11.5 Å². The van der Waals surface area contributed by atoms with Crippen molar-refractivity contribution in [1.82, 2.24) is 0 Å². The van der Waals surface area contributed by atoms with Crippen molar-refractivity contribution in [2.75, 3.05) is 51.8 Å². The number of piperazine rings is 1. The summed E-state index contributed by atoms with van der Waals surface area (Å²) in [6.45, 7) is 7.89. The highest BCUT2D eigenvalue weighted by Gasteiger charge is 2.31. The molecule has 1 aliphatic carbocycles. The molecule has 6 nitrogen and oxygen atoms in total. The van der Waals surface area contributed by atoms with Crippen LogP contribution in [0.2, 0.25) is 0 Å². The van der Waals surface area contributed by atoms with Crippen LogP contribution in [0.1, 0.15) is 24.5 Å². The molecule has 1 heterocycles. The molecule has 1 saturated heterocycles. The first kappa shape index (κ1) is 21.7. The smallest absolute Gasteiger partial charge is 0.282 e. The molecule has 6 heteroatoms. The zero-order valence-electron chi connectivity index (χ0n) is 18.7. The Hall–Kier alpha value is -2.57. The van der Waals surface area contributed by atoms with Crippen molar-refractivity contribution in [3.8, 4) is 11.5 Å². The highest BCUT2D eigenvalue weighted by atomic mass is 16.5. The summed E-state index contributed by atoms with van der Waals surface area (Å²) in [7, 11) is 1.67. The second-order valence-corrected chi connectivity index (χ2v) is 8.73. The number of carbonyl (C=O) groups excluding carboxylic acids is 1. The second kappa shape index (κ2) is 10.2. The van der Waals surface area contributed by atoms with E-state index in [9.17, 15) is 4.79 Å². The molecule has 0 radical (unpaired) electrons. The van der Waals surface area contributed by atoms with E-state index < -0.39 is 0 Å². The lowest BCUT2D eigenvalue weighted by Gasteiger charge is -2.32. The first-order valence-corrected chi connectivity index (χ1v) is 11.5. The third-order valence-corrected chi connectivity index (χ3v) is 6.75. The summed E-state index contributed by atoms with van der Waals surface area (Å²) in [5.41, 5.74) is 3.77. The Kier molecular flexibility index (Phi) is 7.10. The van der Waals surface area contributed by atoms with Crippen LogP contribution >= 0.6 is 0 Å². The summed E-state index contributed by atoms with van der Waals surface area (Å²) in [5, 5.41) is 3.15. The third-order valence-electron chi connectivity index (χ3n) is 6.75. The molecule has 1 aliphatic heterocycles. The third kappa shape index (κ3) is 5.57. The number of fused-ring (bicyclic) bond motifs is 1. The van der Waals surface area contributed by atoms with E-state index in [0.29, 0.717) is 6.61 Å². The van der Waals surface area contributed by atoms with Gasteiger partial charge in [-0.25, -0.2) is 0 Å². The zero-order valence-corrected chi connectivity index (χ0v) is 18.7. The average molecular weight is 426 g/mol. The molecule has 0 aromatic heterocycles. The fourth-order valence-electron chi connectivity index (χ4n) is 4.68. The summed E-state index contributed by atoms with van der Waals surface area (Å²) in [6.07, 6.45) is 3.53. The monoisotopic (exact) mass is 425 g/mol. The minimum Gasteiger partial charge on any atom is -0.497 e. The fraction of sp³-hybridized carbons (Fsp3) is 0.480. The molecular formula is C25H35N3O3+2. The van der Waals surface area contributed by atoms with E-state index in [1.807, 2.05) is 24.3 Å². The number of methoxy groups -OCH3 is 1. The fourth-order valence-corrected chi connectivity index (χ4v) is 4.68. The molecule has 1 atom stereocenters. The molecule has 0 saturated carbocycles. The first-order valence-electron chi connectivity index (χ1n) is 11.5. The van der Waals surface area contributed by atoms with Crippen molar-refractivity contribution in [3.63, 3.8) is 0 Å². The predicted octanol–water partition coefficient (Wildman–Crippen LogP) is 0.373. The van der Waals surface area contributed by atoms with Crippen molar-refractivity contribution in [2.24, 2.45) is 0 Å². The lowest BCUT2D eigenvalue weighted by Crippen LogP contribution is -3.30. The molecule has 1 fully saturated rings. The van der Waals surface area contributed by atoms with Crippen LogP contribution in [0.15, 0.2) is 42.5 Å². The van der Waals surface area contributed by atoms with Gasteiger partial charge in [-0.3, -0.25) is 4.79 Å². The van der Waals surface area contributed by atoms with Gasteiger partial charge in [0.1, 0.15) is 50.8 Å². The van der Waals surface area contributed by atoms with Crippen LogP contribution in [-0.4, -0.2) is 58.4 Å². The van der Waals surface area contributed by atoms with Crippen molar-refractivity contribution in [2.45, 2.75) is 32.2 Å². The Morgan fingerprint density at radius 1 is 1.00 bits per heavy atom. The molecule has 0 unspecified atom stereocenters. The highest BCUT2D eigenvalue weighted by Crippen LogP contribution is 2.24. The van der Waals surface area contributed by atoms with E-state index in [4.69, 9.17) is 9.47 Å². The van der Waals surface area contributed by atoms with Gasteiger partial charge >= 0.3 is 0 Å². The number of anilines is 1. The van der Waals surface area contributed by atoms with Gasteiger partial charge in [-0.1, -0.05) is 6.07 Å². The number of carbonyl (C=O) groups is 1. The maximum atomic E-state index is 12.8. The standard InChI is InChI=1S/C25H33N3O3/c1-19(25(29)26-22-7-6-20-4-3-5-21(20)18-22)28-14-12-27(13-15-28)16-17-31-24-10-8-23(30-2)9-11-24/h6-11,18-19H,3-5,12-17H2,1-2H3,(H,26,29)/p+2/t19-/m1/s1. The summed E-state index contributed by atoms with van der Waals surface area (Å²) in [5.74, 6) is 1.84. The number of amides is 1. The summed E-state index contributed by atoms with van der Waals surface area (Å²) in [4.78, 5) is 15.7. The van der Waals surface area contributed by atoms with E-state index in [0.717, 1.165) is 56.3 Å². The van der Waals surface area contributed by atoms with Gasteiger partial charge in [0.15, 0.2) is 6.04 Å². The molecule has 31 heavy (non-hydrogen) atoms. The molecule has 0 spiro atoms. The van der Waals surface area contributed by atoms with Crippen LogP contribution in [-0.2, 0) is 17.6 Å². The van der Waals surface area contributed by atoms with Crippen molar-refractivity contribution >= 4 is 11.6 Å². The topological polar surface area (TPSA) is 56.4 Å². The Bertz CT molecular complexity index is 876. The maximum Gasteiger partial charge on any atom is 0.282 e. The quantitative estimate of drug-likeness (QED) is 0.573. The Labute approximate surface area is 185 Å². The minimum atomic E-state index is -0.0367. The molecule has 2 aromatic carbocycles. The number of aryl methyl sites for hydroxylation is 2. The molecule has 3 N–H and O–H groups in total. The van der Waals surface area contributed by atoms with Gasteiger partial charge in [-0.15, -0.1) is 0 Å². The van der Waals surface area contributed by atoms with E-state index in [1.165, 1.54) is 28.9 Å². The van der Waals surface area contributed by atoms with Crippen molar-refractivity contribution in [3.05, 3.63) is 53.6 Å². The molecular weight excluding hydrogens is 390 g/mol. The van der Waals surface area contributed by atoms with Gasteiger partial charge in [0.2, 0.25) is 0 Å². The predicted molar refractivity (Wildman–Crippen MR) is 121 cm³/mol. The number of nitrogens with one attached hydrogen (secondary N) is 3. The maximum absolute atomic E-state index is 12.8. The summed E-state index contributed by atoms with van der Waals surface area (Å²) < 4.78 is 11.0. The van der Waals surface area contributed by atoms with E-state index in [2.05, 4.69) is 30.4 Å². The van der Waals surface area contributed by atoms with Crippen molar-refractivity contribution < 1.29 is 24.1 Å². The molecule has 1 amide bonds. The normalized spacial score (nSPS) is 21.2. The van der Waals surface area contributed by atoms with Gasteiger partial charge in [-0.05, 0) is 73.7 Å².